The molecular formula is C7H7ClO2S2. The van der Waals surface area contributed by atoms with Crippen molar-refractivity contribution in [3.8, 4) is 0 Å². The van der Waals surface area contributed by atoms with Gasteiger partial charge in [0.05, 0.1) is 4.34 Å². The van der Waals surface area contributed by atoms with E-state index in [2.05, 4.69) is 12.6 Å². The van der Waals surface area contributed by atoms with Gasteiger partial charge in [0.1, 0.15) is 5.25 Å². The molecule has 0 fully saturated rings. The molecule has 0 aromatic carbocycles. The summed E-state index contributed by atoms with van der Waals surface area (Å²) in [5.74, 6) is -0.916. The van der Waals surface area contributed by atoms with Crippen LogP contribution in [0.3, 0.4) is 0 Å². The van der Waals surface area contributed by atoms with Crippen LogP contribution in [0.5, 0.6) is 0 Å². The van der Waals surface area contributed by atoms with Gasteiger partial charge in [-0.3, -0.25) is 4.79 Å². The standard InChI is InChI=1S/C7H7ClO2S2/c8-6-4(1-2-12-6)3-5(11)7(9)10/h1-2,5,11H,3H2,(H,9,10). The first kappa shape index (κ1) is 9.89. The van der Waals surface area contributed by atoms with Crippen LogP contribution < -0.4 is 0 Å². The highest BCUT2D eigenvalue weighted by Crippen LogP contribution is 2.24. The molecule has 0 amide bonds. The fourth-order valence-corrected chi connectivity index (χ4v) is 1.91. The molecule has 1 heterocycles. The van der Waals surface area contributed by atoms with E-state index in [9.17, 15) is 4.79 Å². The second-order valence-electron chi connectivity index (χ2n) is 2.28. The average Bonchev–Trinajstić information content (AvgIpc) is 2.36. The maximum atomic E-state index is 10.4. The predicted octanol–water partition coefficient (Wildman–Crippen LogP) is 2.33. The monoisotopic (exact) mass is 222 g/mol. The summed E-state index contributed by atoms with van der Waals surface area (Å²) in [5, 5.41) is 9.72. The van der Waals surface area contributed by atoms with Gasteiger partial charge in [-0.2, -0.15) is 12.6 Å². The van der Waals surface area contributed by atoms with Crippen molar-refractivity contribution in [3.63, 3.8) is 0 Å². The molecule has 0 spiro atoms. The summed E-state index contributed by atoms with van der Waals surface area (Å²) in [6.45, 7) is 0. The Balaban J connectivity index is 2.64. The Morgan fingerprint density at radius 1 is 1.83 bits per heavy atom. The molecule has 0 aliphatic heterocycles. The zero-order valence-electron chi connectivity index (χ0n) is 6.03. The highest BCUT2D eigenvalue weighted by molar-refractivity contribution is 7.81. The van der Waals surface area contributed by atoms with Crippen LogP contribution in [0.4, 0.5) is 0 Å². The summed E-state index contributed by atoms with van der Waals surface area (Å²) in [7, 11) is 0. The maximum absolute atomic E-state index is 10.4. The summed E-state index contributed by atoms with van der Waals surface area (Å²) in [6.07, 6.45) is 0.376. The Kier molecular flexibility index (Phi) is 3.43. The fraction of sp³-hybridized carbons (Fsp3) is 0.286. The number of rotatable bonds is 3. The van der Waals surface area contributed by atoms with Gasteiger partial charge in [-0.25, -0.2) is 0 Å². The molecule has 1 unspecified atom stereocenters. The number of halogens is 1. The molecule has 1 atom stereocenters. The van der Waals surface area contributed by atoms with Gasteiger partial charge < -0.3 is 5.11 Å². The number of aliphatic carboxylic acids is 1. The van der Waals surface area contributed by atoms with Crippen molar-refractivity contribution in [3.05, 3.63) is 21.3 Å². The molecule has 1 N–H and O–H groups in total. The van der Waals surface area contributed by atoms with Crippen molar-refractivity contribution in [1.82, 2.24) is 0 Å². The molecule has 1 aromatic heterocycles. The molecule has 2 nitrogen and oxygen atoms in total. The van der Waals surface area contributed by atoms with Gasteiger partial charge in [-0.05, 0) is 23.4 Å². The van der Waals surface area contributed by atoms with Gasteiger partial charge in [0.25, 0.3) is 0 Å². The summed E-state index contributed by atoms with van der Waals surface area (Å²) in [6, 6.07) is 1.82. The maximum Gasteiger partial charge on any atom is 0.316 e. The van der Waals surface area contributed by atoms with Crippen molar-refractivity contribution in [2.45, 2.75) is 11.7 Å². The van der Waals surface area contributed by atoms with Crippen LogP contribution in [0.15, 0.2) is 11.4 Å². The van der Waals surface area contributed by atoms with Crippen molar-refractivity contribution >= 4 is 41.5 Å². The zero-order chi connectivity index (χ0) is 9.14. The Morgan fingerprint density at radius 2 is 2.50 bits per heavy atom. The van der Waals surface area contributed by atoms with Gasteiger partial charge in [0.15, 0.2) is 0 Å². The van der Waals surface area contributed by atoms with Crippen molar-refractivity contribution in [1.29, 1.82) is 0 Å². The minimum Gasteiger partial charge on any atom is -0.480 e. The van der Waals surface area contributed by atoms with Gasteiger partial charge in [-0.15, -0.1) is 11.3 Å². The van der Waals surface area contributed by atoms with E-state index in [1.807, 2.05) is 11.4 Å². The van der Waals surface area contributed by atoms with Gasteiger partial charge in [-0.1, -0.05) is 11.6 Å². The third-order valence-corrected chi connectivity index (χ3v) is 3.05. The number of thiol groups is 1. The molecule has 12 heavy (non-hydrogen) atoms. The second-order valence-corrected chi connectivity index (χ2v) is 4.42. The molecule has 0 aliphatic carbocycles. The Hall–Kier alpha value is -0.190. The Bertz CT molecular complexity index is 285. The third-order valence-electron chi connectivity index (χ3n) is 1.39. The Morgan fingerprint density at radius 3 is 2.92 bits per heavy atom. The molecule has 1 rings (SSSR count). The van der Waals surface area contributed by atoms with E-state index in [0.29, 0.717) is 10.8 Å². The van der Waals surface area contributed by atoms with Crippen LogP contribution in [-0.4, -0.2) is 16.3 Å². The van der Waals surface area contributed by atoms with Gasteiger partial charge >= 0.3 is 5.97 Å². The lowest BCUT2D eigenvalue weighted by Crippen LogP contribution is -2.15. The molecule has 0 saturated carbocycles. The van der Waals surface area contributed by atoms with E-state index < -0.39 is 11.2 Å². The SMILES string of the molecule is O=C(O)C(S)Cc1ccsc1Cl. The molecule has 0 saturated heterocycles. The largest absolute Gasteiger partial charge is 0.480 e. The number of hydrogen-bond acceptors (Lipinski definition) is 3. The van der Waals surface area contributed by atoms with E-state index in [1.165, 1.54) is 11.3 Å². The van der Waals surface area contributed by atoms with E-state index in [-0.39, 0.29) is 0 Å². The quantitative estimate of drug-likeness (QED) is 0.771. The average molecular weight is 223 g/mol. The molecule has 0 bridgehead atoms. The van der Waals surface area contributed by atoms with Crippen molar-refractivity contribution in [2.24, 2.45) is 0 Å². The van der Waals surface area contributed by atoms with Crippen molar-refractivity contribution < 1.29 is 9.90 Å². The van der Waals surface area contributed by atoms with E-state index >= 15 is 0 Å². The number of hydrogen-bond donors (Lipinski definition) is 2. The van der Waals surface area contributed by atoms with Gasteiger partial charge in [0, 0.05) is 0 Å². The lowest BCUT2D eigenvalue weighted by molar-refractivity contribution is -0.136. The van der Waals surface area contributed by atoms with Crippen LogP contribution in [-0.2, 0) is 11.2 Å². The van der Waals surface area contributed by atoms with Gasteiger partial charge in [0.2, 0.25) is 0 Å². The van der Waals surface area contributed by atoms with Crippen LogP contribution in [0.1, 0.15) is 5.56 Å². The minimum atomic E-state index is -0.916. The summed E-state index contributed by atoms with van der Waals surface area (Å²) in [4.78, 5) is 10.4. The van der Waals surface area contributed by atoms with E-state index in [1.54, 1.807) is 0 Å². The first-order valence-electron chi connectivity index (χ1n) is 3.24. The normalized spacial score (nSPS) is 12.8. The minimum absolute atomic E-state index is 0.376. The predicted molar refractivity (Wildman–Crippen MR) is 53.4 cm³/mol. The molecule has 1 aromatic rings. The van der Waals surface area contributed by atoms with E-state index in [4.69, 9.17) is 16.7 Å². The first-order chi connectivity index (χ1) is 5.61. The van der Waals surface area contributed by atoms with Crippen LogP contribution in [0, 0.1) is 0 Å². The number of carboxylic acid groups (broad SMARTS) is 1. The summed E-state index contributed by atoms with van der Waals surface area (Å²) >= 11 is 11.1. The second kappa shape index (κ2) is 4.16. The summed E-state index contributed by atoms with van der Waals surface area (Å²) in [5.41, 5.74) is 0.851. The van der Waals surface area contributed by atoms with E-state index in [0.717, 1.165) is 5.56 Å². The first-order valence-corrected chi connectivity index (χ1v) is 5.01. The number of thiophene rings is 1. The number of carbonyl (C=O) groups is 1. The highest BCUT2D eigenvalue weighted by Gasteiger charge is 2.14. The smallest absolute Gasteiger partial charge is 0.316 e. The van der Waals surface area contributed by atoms with Crippen LogP contribution >= 0.6 is 35.6 Å². The Labute approximate surface area is 84.6 Å². The molecule has 5 heteroatoms. The van der Waals surface area contributed by atoms with Crippen molar-refractivity contribution in [2.75, 3.05) is 0 Å². The third kappa shape index (κ3) is 2.40. The number of carboxylic acids is 1. The van der Waals surface area contributed by atoms with Crippen LogP contribution in [0.25, 0.3) is 0 Å². The molecule has 66 valence electrons. The lowest BCUT2D eigenvalue weighted by atomic mass is 10.2. The zero-order valence-corrected chi connectivity index (χ0v) is 8.49. The van der Waals surface area contributed by atoms with Crippen LogP contribution in [0.2, 0.25) is 4.34 Å². The molecular weight excluding hydrogens is 216 g/mol. The fourth-order valence-electron chi connectivity index (χ4n) is 0.761. The summed E-state index contributed by atoms with van der Waals surface area (Å²) < 4.78 is 0.648. The highest BCUT2D eigenvalue weighted by atomic mass is 35.5. The lowest BCUT2D eigenvalue weighted by Gasteiger charge is -2.02. The molecule has 0 radical (unpaired) electrons. The topological polar surface area (TPSA) is 37.3 Å². The molecule has 0 aliphatic rings.